The molecule has 0 saturated carbocycles. The smallest absolute Gasteiger partial charge is 0.0141 e. The fraction of sp³-hybridized carbons (Fsp3) is 0.480. The van der Waals surface area contributed by atoms with E-state index in [1.54, 1.807) is 0 Å². The highest BCUT2D eigenvalue weighted by molar-refractivity contribution is 5.08. The molecule has 0 rings (SSSR count). The van der Waals surface area contributed by atoms with Crippen LogP contribution in [0.4, 0.5) is 0 Å². The minimum Gasteiger partial charge on any atom is -0.0999 e. The molecule has 0 heteroatoms. The van der Waals surface area contributed by atoms with Crippen molar-refractivity contribution < 1.29 is 0 Å². The van der Waals surface area contributed by atoms with Crippen molar-refractivity contribution in [1.29, 1.82) is 0 Å². The average molecular weight is 677 g/mol. The monoisotopic (exact) mass is 677 g/mol. The highest BCUT2D eigenvalue weighted by Crippen LogP contribution is 2.28. The van der Waals surface area contributed by atoms with Gasteiger partial charge in [-0.3, -0.25) is 0 Å². The van der Waals surface area contributed by atoms with Gasteiger partial charge in [-0.25, -0.2) is 0 Å². The fourth-order valence-corrected chi connectivity index (χ4v) is 5.37. The van der Waals surface area contributed by atoms with E-state index >= 15 is 0 Å². The molecule has 0 nitrogen and oxygen atoms in total. The molecule has 0 fully saturated rings. The molecule has 50 heavy (non-hydrogen) atoms. The molecule has 0 radical (unpaired) electrons. The van der Waals surface area contributed by atoms with E-state index in [9.17, 15) is 0 Å². The van der Waals surface area contributed by atoms with Gasteiger partial charge < -0.3 is 0 Å². The second kappa shape index (κ2) is 38.4. The van der Waals surface area contributed by atoms with E-state index in [0.29, 0.717) is 5.92 Å². The standard InChI is InChI=1S/C50H76/c1-7-10-13-16-19-21-22-23-24-25-26-27-28-30-32-35-37-40-48(5)43-45-50(46-49(6)41-38-33-18-15-12-9-3)44-42-47(4)39-36-34-31-29-20-17-14-11-8-2/h10-15,19-21,23-24,26-27,29-30,32-34,36,38,50H,4-9,16-18,22,25,28,31,35,37,39-46H2,1-3H3/b13-10-,14-11-,15-12-,21-19-,24-23-,27-26-,29-20-,32-30-,36-34-,38-33-. The van der Waals surface area contributed by atoms with E-state index in [4.69, 9.17) is 0 Å². The maximum absolute atomic E-state index is 4.46. The second-order valence-corrected chi connectivity index (χ2v) is 13.3. The topological polar surface area (TPSA) is 0 Å². The first kappa shape index (κ1) is 46.6. The van der Waals surface area contributed by atoms with Crippen molar-refractivity contribution in [2.45, 2.75) is 149 Å². The highest BCUT2D eigenvalue weighted by atomic mass is 14.2. The molecule has 0 aliphatic carbocycles. The van der Waals surface area contributed by atoms with E-state index in [2.05, 4.69) is 162 Å². The van der Waals surface area contributed by atoms with Gasteiger partial charge in [-0.1, -0.05) is 179 Å². The summed E-state index contributed by atoms with van der Waals surface area (Å²) >= 11 is 0. The van der Waals surface area contributed by atoms with Gasteiger partial charge in [-0.15, -0.1) is 0 Å². The van der Waals surface area contributed by atoms with Crippen molar-refractivity contribution in [3.63, 3.8) is 0 Å². The zero-order valence-electron chi connectivity index (χ0n) is 32.9. The molecular formula is C50H76. The summed E-state index contributed by atoms with van der Waals surface area (Å²) in [5.41, 5.74) is 4.08. The lowest BCUT2D eigenvalue weighted by Gasteiger charge is -2.19. The largest absolute Gasteiger partial charge is 0.0999 e. The summed E-state index contributed by atoms with van der Waals surface area (Å²) in [6.07, 6.45) is 66.8. The summed E-state index contributed by atoms with van der Waals surface area (Å²) in [5.74, 6) is 0.637. The Morgan fingerprint density at radius 2 is 0.720 bits per heavy atom. The summed E-state index contributed by atoms with van der Waals surface area (Å²) in [6.45, 7) is 19.8. The number of rotatable bonds is 33. The van der Waals surface area contributed by atoms with Crippen molar-refractivity contribution in [2.24, 2.45) is 5.92 Å². The molecule has 1 unspecified atom stereocenters. The Labute approximate surface area is 312 Å². The Morgan fingerprint density at radius 1 is 0.380 bits per heavy atom. The first-order chi connectivity index (χ1) is 24.5. The van der Waals surface area contributed by atoms with Gasteiger partial charge in [0.05, 0.1) is 0 Å². The predicted molar refractivity (Wildman–Crippen MR) is 232 cm³/mol. The van der Waals surface area contributed by atoms with Crippen molar-refractivity contribution in [3.8, 4) is 0 Å². The molecule has 1 atom stereocenters. The molecule has 0 saturated heterocycles. The van der Waals surface area contributed by atoms with Gasteiger partial charge in [-0.2, -0.15) is 0 Å². The predicted octanol–water partition coefficient (Wildman–Crippen LogP) is 16.7. The lowest BCUT2D eigenvalue weighted by Crippen LogP contribution is -2.04. The van der Waals surface area contributed by atoms with Crippen molar-refractivity contribution in [1.82, 2.24) is 0 Å². The van der Waals surface area contributed by atoms with E-state index in [0.717, 1.165) is 109 Å². The SMILES string of the molecule is C=C(C/C=C\C/C=C\C/C=C\CC)CCC(CCC(=C)CCC/C=C\C/C=C\C/C=C\C/C=C\C/C=C\CC)CC(=C)C/C=C\C/C=C\CC. The van der Waals surface area contributed by atoms with Crippen molar-refractivity contribution >= 4 is 0 Å². The summed E-state index contributed by atoms with van der Waals surface area (Å²) < 4.78 is 0. The Morgan fingerprint density at radius 3 is 1.14 bits per heavy atom. The van der Waals surface area contributed by atoms with Gasteiger partial charge in [0.15, 0.2) is 0 Å². The minimum atomic E-state index is 0.637. The van der Waals surface area contributed by atoms with Crippen LogP contribution in [-0.2, 0) is 0 Å². The van der Waals surface area contributed by atoms with Crippen LogP contribution in [0, 0.1) is 5.92 Å². The fourth-order valence-electron chi connectivity index (χ4n) is 5.37. The van der Waals surface area contributed by atoms with Crippen LogP contribution in [0.2, 0.25) is 0 Å². The molecule has 0 aromatic heterocycles. The Balaban J connectivity index is 4.53. The number of allylic oxidation sites excluding steroid dienone is 23. The number of hydrogen-bond acceptors (Lipinski definition) is 0. The Hall–Kier alpha value is -3.38. The van der Waals surface area contributed by atoms with Gasteiger partial charge in [0.1, 0.15) is 0 Å². The quantitative estimate of drug-likeness (QED) is 0.0479. The Bertz CT molecular complexity index is 1130. The van der Waals surface area contributed by atoms with E-state index in [1.807, 2.05) is 0 Å². The molecule has 276 valence electrons. The summed E-state index contributed by atoms with van der Waals surface area (Å²) in [4.78, 5) is 0. The molecule has 0 aliphatic rings. The maximum atomic E-state index is 4.46. The molecule has 0 amide bonds. The molecule has 0 aromatic carbocycles. The molecule has 0 spiro atoms. The molecule has 0 heterocycles. The zero-order chi connectivity index (χ0) is 36.6. The average Bonchev–Trinajstić information content (AvgIpc) is 3.11. The summed E-state index contributed by atoms with van der Waals surface area (Å²) in [5, 5.41) is 0. The third-order valence-electron chi connectivity index (χ3n) is 8.38. The molecular weight excluding hydrogens is 601 g/mol. The third kappa shape index (κ3) is 35.9. The van der Waals surface area contributed by atoms with Gasteiger partial charge in [-0.05, 0) is 134 Å². The van der Waals surface area contributed by atoms with E-state index < -0.39 is 0 Å². The van der Waals surface area contributed by atoms with Crippen LogP contribution < -0.4 is 0 Å². The van der Waals surface area contributed by atoms with Crippen LogP contribution >= 0.6 is 0 Å². The molecule has 0 aliphatic heterocycles. The summed E-state index contributed by atoms with van der Waals surface area (Å²) in [6, 6.07) is 0. The van der Waals surface area contributed by atoms with Crippen LogP contribution in [0.15, 0.2) is 158 Å². The van der Waals surface area contributed by atoms with Gasteiger partial charge in [0, 0.05) is 0 Å². The van der Waals surface area contributed by atoms with Gasteiger partial charge in [0.2, 0.25) is 0 Å². The Kier molecular flexibility index (Phi) is 35.8. The van der Waals surface area contributed by atoms with Crippen LogP contribution in [0.1, 0.15) is 149 Å². The molecule has 0 aromatic rings. The van der Waals surface area contributed by atoms with Crippen LogP contribution in [0.25, 0.3) is 0 Å². The van der Waals surface area contributed by atoms with Crippen LogP contribution in [0.5, 0.6) is 0 Å². The normalized spacial score (nSPS) is 13.7. The summed E-state index contributed by atoms with van der Waals surface area (Å²) in [7, 11) is 0. The molecule has 0 N–H and O–H groups in total. The van der Waals surface area contributed by atoms with E-state index in [1.165, 1.54) is 36.0 Å². The first-order valence-corrected chi connectivity index (χ1v) is 20.0. The van der Waals surface area contributed by atoms with Crippen LogP contribution in [0.3, 0.4) is 0 Å². The second-order valence-electron chi connectivity index (χ2n) is 13.3. The number of hydrogen-bond donors (Lipinski definition) is 0. The van der Waals surface area contributed by atoms with Crippen LogP contribution in [-0.4, -0.2) is 0 Å². The zero-order valence-corrected chi connectivity index (χ0v) is 32.9. The lowest BCUT2D eigenvalue weighted by molar-refractivity contribution is 0.440. The van der Waals surface area contributed by atoms with Gasteiger partial charge in [0.25, 0.3) is 0 Å². The first-order valence-electron chi connectivity index (χ1n) is 20.0. The van der Waals surface area contributed by atoms with Crippen molar-refractivity contribution in [3.05, 3.63) is 158 Å². The minimum absolute atomic E-state index is 0.637. The molecule has 0 bridgehead atoms. The lowest BCUT2D eigenvalue weighted by atomic mass is 9.86. The maximum Gasteiger partial charge on any atom is -0.0141 e. The van der Waals surface area contributed by atoms with Gasteiger partial charge >= 0.3 is 0 Å². The highest BCUT2D eigenvalue weighted by Gasteiger charge is 2.12. The van der Waals surface area contributed by atoms with E-state index in [-0.39, 0.29) is 0 Å². The van der Waals surface area contributed by atoms with Crippen molar-refractivity contribution in [2.75, 3.05) is 0 Å². The third-order valence-corrected chi connectivity index (χ3v) is 8.38. The number of unbranched alkanes of at least 4 members (excludes halogenated alkanes) is 1.